The first-order valence-electron chi connectivity index (χ1n) is 6.53. The number of hydrogen-bond acceptors (Lipinski definition) is 3. The summed E-state index contributed by atoms with van der Waals surface area (Å²) in [7, 11) is 0. The molecule has 0 atom stereocenters. The zero-order valence-corrected chi connectivity index (χ0v) is 12.5. The fourth-order valence-electron chi connectivity index (χ4n) is 1.73. The minimum Gasteiger partial charge on any atom is -0.409 e. The Morgan fingerprint density at radius 2 is 1.80 bits per heavy atom. The number of carbonyl (C=O) groups is 1. The lowest BCUT2D eigenvalue weighted by Gasteiger charge is -2.28. The Balaban J connectivity index is 2.77. The van der Waals surface area contributed by atoms with Gasteiger partial charge in [-0.1, -0.05) is 49.3 Å². The van der Waals surface area contributed by atoms with Crippen LogP contribution in [0.25, 0.3) is 0 Å². The maximum atomic E-state index is 12.4. The molecule has 0 aliphatic heterocycles. The van der Waals surface area contributed by atoms with E-state index in [4.69, 9.17) is 10.9 Å². The minimum absolute atomic E-state index is 0.0929. The number of nitrogens with two attached hydrogens (primary N) is 1. The van der Waals surface area contributed by atoms with E-state index < -0.39 is 10.8 Å². The maximum Gasteiger partial charge on any atom is 0.230 e. The van der Waals surface area contributed by atoms with E-state index >= 15 is 0 Å². The van der Waals surface area contributed by atoms with Crippen molar-refractivity contribution in [3.05, 3.63) is 35.9 Å². The molecule has 20 heavy (non-hydrogen) atoms. The molecule has 0 fully saturated rings. The van der Waals surface area contributed by atoms with E-state index in [1.807, 2.05) is 44.2 Å². The fourth-order valence-corrected chi connectivity index (χ4v) is 1.73. The molecule has 4 N–H and O–H groups in total. The molecular formula is C15H23N3O2. The van der Waals surface area contributed by atoms with Gasteiger partial charge < -0.3 is 16.3 Å². The van der Waals surface area contributed by atoms with Gasteiger partial charge in [0.1, 0.15) is 5.84 Å². The first kappa shape index (κ1) is 16.0. The molecule has 110 valence electrons. The summed E-state index contributed by atoms with van der Waals surface area (Å²) in [5.74, 6) is -0.00201. The molecule has 0 heterocycles. The van der Waals surface area contributed by atoms with Crippen LogP contribution in [0.4, 0.5) is 0 Å². The van der Waals surface area contributed by atoms with Crippen LogP contribution in [0.2, 0.25) is 0 Å². The average molecular weight is 277 g/mol. The summed E-state index contributed by atoms with van der Waals surface area (Å²) in [6, 6.07) is 9.58. The number of amides is 1. The Morgan fingerprint density at radius 1 is 1.25 bits per heavy atom. The molecule has 1 aromatic carbocycles. The predicted molar refractivity (Wildman–Crippen MR) is 79.7 cm³/mol. The molecule has 0 aliphatic carbocycles. The smallest absolute Gasteiger partial charge is 0.230 e. The molecule has 0 unspecified atom stereocenters. The summed E-state index contributed by atoms with van der Waals surface area (Å²) >= 11 is 0. The van der Waals surface area contributed by atoms with Crippen LogP contribution in [-0.4, -0.2) is 23.5 Å². The summed E-state index contributed by atoms with van der Waals surface area (Å²) in [5.41, 5.74) is 5.31. The van der Waals surface area contributed by atoms with Crippen LogP contribution in [-0.2, 0) is 10.2 Å². The molecule has 0 aliphatic rings. The van der Waals surface area contributed by atoms with E-state index in [0.717, 1.165) is 5.56 Å². The topological polar surface area (TPSA) is 87.7 Å². The number of amidine groups is 1. The molecule has 0 bridgehead atoms. The Hall–Kier alpha value is -2.04. The molecule has 1 rings (SSSR count). The van der Waals surface area contributed by atoms with Crippen molar-refractivity contribution in [3.63, 3.8) is 0 Å². The third-order valence-electron chi connectivity index (χ3n) is 3.56. The van der Waals surface area contributed by atoms with Crippen LogP contribution in [0, 0.1) is 5.41 Å². The van der Waals surface area contributed by atoms with Crippen molar-refractivity contribution in [2.75, 3.05) is 6.54 Å². The molecule has 0 radical (unpaired) electrons. The number of rotatable bonds is 5. The first-order chi connectivity index (χ1) is 9.21. The molecule has 1 amide bonds. The third kappa shape index (κ3) is 3.50. The van der Waals surface area contributed by atoms with E-state index in [0.29, 0.717) is 6.54 Å². The monoisotopic (exact) mass is 277 g/mol. The molecule has 0 spiro atoms. The van der Waals surface area contributed by atoms with Crippen LogP contribution in [0.15, 0.2) is 35.5 Å². The van der Waals surface area contributed by atoms with Gasteiger partial charge in [-0.05, 0) is 19.4 Å². The van der Waals surface area contributed by atoms with Gasteiger partial charge in [0.25, 0.3) is 0 Å². The highest BCUT2D eigenvalue weighted by Gasteiger charge is 2.32. The van der Waals surface area contributed by atoms with Gasteiger partial charge in [0.15, 0.2) is 0 Å². The highest BCUT2D eigenvalue weighted by molar-refractivity contribution is 5.89. The third-order valence-corrected chi connectivity index (χ3v) is 3.56. The Kier molecular flexibility index (Phi) is 4.76. The van der Waals surface area contributed by atoms with Gasteiger partial charge in [0.2, 0.25) is 5.91 Å². The molecule has 0 saturated carbocycles. The SMILES string of the molecule is CC(C)(CNC(=O)C(C)(C)c1ccccc1)/C(N)=N/O. The van der Waals surface area contributed by atoms with Gasteiger partial charge in [0.05, 0.1) is 5.41 Å². The highest BCUT2D eigenvalue weighted by Crippen LogP contribution is 2.23. The standard InChI is InChI=1S/C15H23N3O2/c1-14(2,12(16)18-20)10-17-13(19)15(3,4)11-8-6-5-7-9-11/h5-9,20H,10H2,1-4H3,(H2,16,18)(H,17,19). The van der Waals surface area contributed by atoms with Crippen molar-refractivity contribution in [3.8, 4) is 0 Å². The molecule has 1 aromatic rings. The Morgan fingerprint density at radius 3 is 2.30 bits per heavy atom. The second kappa shape index (κ2) is 5.94. The predicted octanol–water partition coefficient (Wildman–Crippen LogP) is 1.85. The number of nitrogens with one attached hydrogen (secondary N) is 1. The van der Waals surface area contributed by atoms with Gasteiger partial charge in [-0.25, -0.2) is 0 Å². The normalized spacial score (nSPS) is 13.1. The summed E-state index contributed by atoms with van der Waals surface area (Å²) < 4.78 is 0. The van der Waals surface area contributed by atoms with Crippen LogP contribution in [0.5, 0.6) is 0 Å². The van der Waals surface area contributed by atoms with Crippen molar-refractivity contribution >= 4 is 11.7 Å². The fraction of sp³-hybridized carbons (Fsp3) is 0.467. The van der Waals surface area contributed by atoms with Gasteiger partial charge >= 0.3 is 0 Å². The number of carbonyl (C=O) groups excluding carboxylic acids is 1. The second-order valence-electron chi connectivity index (χ2n) is 6.04. The highest BCUT2D eigenvalue weighted by atomic mass is 16.4. The van der Waals surface area contributed by atoms with Gasteiger partial charge in [-0.2, -0.15) is 0 Å². The minimum atomic E-state index is -0.636. The molecular weight excluding hydrogens is 254 g/mol. The second-order valence-corrected chi connectivity index (χ2v) is 6.04. The van der Waals surface area contributed by atoms with Crippen LogP contribution >= 0.6 is 0 Å². The van der Waals surface area contributed by atoms with E-state index in [-0.39, 0.29) is 11.7 Å². The first-order valence-corrected chi connectivity index (χ1v) is 6.53. The summed E-state index contributed by atoms with van der Waals surface area (Å²) in [5, 5.41) is 14.6. The number of benzene rings is 1. The number of hydrogen-bond donors (Lipinski definition) is 3. The molecule has 0 saturated heterocycles. The van der Waals surface area contributed by atoms with Crippen LogP contribution < -0.4 is 11.1 Å². The van der Waals surface area contributed by atoms with Crippen molar-refractivity contribution in [1.82, 2.24) is 5.32 Å². The van der Waals surface area contributed by atoms with Crippen molar-refractivity contribution in [2.45, 2.75) is 33.1 Å². The van der Waals surface area contributed by atoms with Crippen LogP contribution in [0.1, 0.15) is 33.3 Å². The lowest BCUT2D eigenvalue weighted by molar-refractivity contribution is -0.125. The summed E-state index contributed by atoms with van der Waals surface area (Å²) in [6.07, 6.45) is 0. The molecule has 5 heteroatoms. The maximum absolute atomic E-state index is 12.4. The largest absolute Gasteiger partial charge is 0.409 e. The zero-order chi connectivity index (χ0) is 15.4. The molecule has 5 nitrogen and oxygen atoms in total. The lowest BCUT2D eigenvalue weighted by Crippen LogP contribution is -2.47. The number of oxime groups is 1. The zero-order valence-electron chi connectivity index (χ0n) is 12.5. The van der Waals surface area contributed by atoms with Gasteiger partial charge in [-0.15, -0.1) is 0 Å². The quantitative estimate of drug-likeness (QED) is 0.332. The average Bonchev–Trinajstić information content (AvgIpc) is 2.44. The summed E-state index contributed by atoms with van der Waals surface area (Å²) in [4.78, 5) is 12.4. The number of nitrogens with zero attached hydrogens (tertiary/aromatic N) is 1. The van der Waals surface area contributed by atoms with E-state index in [9.17, 15) is 4.79 Å². The van der Waals surface area contributed by atoms with E-state index in [1.165, 1.54) is 0 Å². The van der Waals surface area contributed by atoms with Gasteiger partial charge in [0, 0.05) is 12.0 Å². The Bertz CT molecular complexity index is 493. The van der Waals surface area contributed by atoms with Crippen molar-refractivity contribution in [2.24, 2.45) is 16.3 Å². The van der Waals surface area contributed by atoms with E-state index in [2.05, 4.69) is 10.5 Å². The van der Waals surface area contributed by atoms with E-state index in [1.54, 1.807) is 13.8 Å². The Labute approximate surface area is 119 Å². The van der Waals surface area contributed by atoms with Crippen molar-refractivity contribution in [1.29, 1.82) is 0 Å². The van der Waals surface area contributed by atoms with Gasteiger partial charge in [-0.3, -0.25) is 4.79 Å². The van der Waals surface area contributed by atoms with Crippen LogP contribution in [0.3, 0.4) is 0 Å². The molecule has 0 aromatic heterocycles. The lowest BCUT2D eigenvalue weighted by atomic mass is 9.83. The summed E-state index contributed by atoms with van der Waals surface area (Å²) in [6.45, 7) is 7.65. The van der Waals surface area contributed by atoms with Crippen molar-refractivity contribution < 1.29 is 10.0 Å².